The summed E-state index contributed by atoms with van der Waals surface area (Å²) in [5, 5.41) is 0. The summed E-state index contributed by atoms with van der Waals surface area (Å²) in [5.74, 6) is -1.03. The van der Waals surface area contributed by atoms with Crippen molar-refractivity contribution in [2.45, 2.75) is 19.0 Å². The third kappa shape index (κ3) is 4.32. The first kappa shape index (κ1) is 15.6. The highest BCUT2D eigenvalue weighted by Crippen LogP contribution is 2.29. The highest BCUT2D eigenvalue weighted by atomic mass is 127. The van der Waals surface area contributed by atoms with Crippen molar-refractivity contribution in [1.29, 1.82) is 0 Å². The second-order valence-corrected chi connectivity index (χ2v) is 6.49. The lowest BCUT2D eigenvalue weighted by Crippen LogP contribution is -2.46. The topological polar surface area (TPSA) is 63.6 Å². The van der Waals surface area contributed by atoms with Crippen LogP contribution in [0.1, 0.15) is 6.92 Å². The van der Waals surface area contributed by atoms with Gasteiger partial charge in [-0.2, -0.15) is 8.42 Å². The minimum Gasteiger partial charge on any atom is -0.479 e. The van der Waals surface area contributed by atoms with Crippen molar-refractivity contribution in [2.75, 3.05) is 5.75 Å². The quantitative estimate of drug-likeness (QED) is 0.618. The molecule has 0 fully saturated rings. The van der Waals surface area contributed by atoms with Crippen molar-refractivity contribution < 1.29 is 26.5 Å². The molecule has 0 radical (unpaired) electrons. The van der Waals surface area contributed by atoms with Gasteiger partial charge in [-0.3, -0.25) is 4.55 Å². The van der Waals surface area contributed by atoms with E-state index in [9.17, 15) is 17.2 Å². The van der Waals surface area contributed by atoms with Gasteiger partial charge in [-0.05, 0) is 41.6 Å². The van der Waals surface area contributed by atoms with Gasteiger partial charge in [0.1, 0.15) is 11.5 Å². The van der Waals surface area contributed by atoms with Gasteiger partial charge in [0, 0.05) is 0 Å². The summed E-state index contributed by atoms with van der Waals surface area (Å²) in [4.78, 5) is 0. The molecule has 1 aromatic carbocycles. The van der Waals surface area contributed by atoms with E-state index >= 15 is 0 Å². The smallest absolute Gasteiger partial charge is 0.278 e. The molecule has 4 nitrogen and oxygen atoms in total. The van der Waals surface area contributed by atoms with Crippen LogP contribution in [0.4, 0.5) is 8.78 Å². The molecule has 1 rings (SSSR count). The maximum absolute atomic E-state index is 12.9. The van der Waals surface area contributed by atoms with Crippen molar-refractivity contribution in [3.8, 4) is 5.75 Å². The Hall–Kier alpha value is -0.480. The number of ether oxygens (including phenoxy) is 1. The molecule has 0 spiro atoms. The number of hydrogen-bond donors (Lipinski definition) is 1. The molecule has 102 valence electrons. The van der Waals surface area contributed by atoms with Gasteiger partial charge in [-0.25, -0.2) is 8.78 Å². The van der Waals surface area contributed by atoms with Gasteiger partial charge >= 0.3 is 0 Å². The zero-order valence-corrected chi connectivity index (χ0v) is 12.3. The fourth-order valence-corrected chi connectivity index (χ4v) is 2.68. The third-order valence-electron chi connectivity index (χ3n) is 2.11. The predicted molar refractivity (Wildman–Crippen MR) is 70.6 cm³/mol. The van der Waals surface area contributed by atoms with Crippen LogP contribution in [0.15, 0.2) is 24.3 Å². The molecular formula is C10H11F2IO4S. The normalized spacial score (nSPS) is 15.4. The van der Waals surface area contributed by atoms with E-state index in [1.54, 1.807) is 18.2 Å². The summed E-state index contributed by atoms with van der Waals surface area (Å²) in [6.45, 7) is 0.939. The number of rotatable bonds is 5. The lowest BCUT2D eigenvalue weighted by Gasteiger charge is -2.29. The molecule has 0 saturated carbocycles. The second-order valence-electron chi connectivity index (χ2n) is 3.87. The van der Waals surface area contributed by atoms with Gasteiger partial charge in [0.2, 0.25) is 0 Å². The zero-order valence-electron chi connectivity index (χ0n) is 9.31. The van der Waals surface area contributed by atoms with Crippen LogP contribution in [0.5, 0.6) is 5.75 Å². The number of hydrogen-bond acceptors (Lipinski definition) is 3. The minimum absolute atomic E-state index is 0.143. The molecule has 0 aliphatic rings. The van der Waals surface area contributed by atoms with Crippen LogP contribution in [-0.4, -0.2) is 30.7 Å². The Kier molecular flexibility index (Phi) is 4.90. The predicted octanol–water partition coefficient (Wildman–Crippen LogP) is 2.58. The SMILES string of the molecule is CC(CS(=O)(=O)O)(Oc1ccccc1I)C(F)F. The van der Waals surface area contributed by atoms with Crippen LogP contribution >= 0.6 is 22.6 Å². The maximum atomic E-state index is 12.9. The molecule has 1 unspecified atom stereocenters. The Morgan fingerprint density at radius 3 is 2.44 bits per heavy atom. The van der Waals surface area contributed by atoms with Gasteiger partial charge in [-0.1, -0.05) is 12.1 Å². The second kappa shape index (κ2) is 5.66. The fourth-order valence-electron chi connectivity index (χ4n) is 1.28. The van der Waals surface area contributed by atoms with Gasteiger partial charge < -0.3 is 4.74 Å². The lowest BCUT2D eigenvalue weighted by molar-refractivity contribution is -0.0498. The summed E-state index contributed by atoms with van der Waals surface area (Å²) < 4.78 is 61.7. The van der Waals surface area contributed by atoms with Crippen LogP contribution in [0.2, 0.25) is 0 Å². The Labute approximate surface area is 117 Å². The Bertz CT molecular complexity index is 520. The van der Waals surface area contributed by atoms with Crippen molar-refractivity contribution in [2.24, 2.45) is 0 Å². The average Bonchev–Trinajstić information content (AvgIpc) is 2.18. The van der Waals surface area contributed by atoms with Crippen LogP contribution in [0.3, 0.4) is 0 Å². The number of halogens is 3. The van der Waals surface area contributed by atoms with E-state index in [4.69, 9.17) is 9.29 Å². The first-order valence-electron chi connectivity index (χ1n) is 4.81. The molecule has 1 N–H and O–H groups in total. The average molecular weight is 392 g/mol. The molecule has 18 heavy (non-hydrogen) atoms. The van der Waals surface area contributed by atoms with Crippen LogP contribution < -0.4 is 4.74 Å². The standard InChI is InChI=1S/C10H11F2IO4S/c1-10(9(11)12,6-18(14,15)16)17-8-5-3-2-4-7(8)13/h2-5,9H,6H2,1H3,(H,14,15,16). The monoisotopic (exact) mass is 392 g/mol. The van der Waals surface area contributed by atoms with E-state index in [2.05, 4.69) is 0 Å². The van der Waals surface area contributed by atoms with Gasteiger partial charge in [0.15, 0.2) is 5.60 Å². The van der Waals surface area contributed by atoms with E-state index in [1.165, 1.54) is 6.07 Å². The molecule has 0 amide bonds. The van der Waals surface area contributed by atoms with E-state index in [0.29, 0.717) is 3.57 Å². The molecule has 0 heterocycles. The molecule has 0 saturated heterocycles. The molecule has 1 atom stereocenters. The lowest BCUT2D eigenvalue weighted by atomic mass is 10.1. The van der Waals surface area contributed by atoms with E-state index in [1.807, 2.05) is 22.6 Å². The Morgan fingerprint density at radius 1 is 1.44 bits per heavy atom. The van der Waals surface area contributed by atoms with Crippen LogP contribution in [0, 0.1) is 3.57 Å². The van der Waals surface area contributed by atoms with Crippen LogP contribution in [-0.2, 0) is 10.1 Å². The molecular weight excluding hydrogens is 381 g/mol. The fraction of sp³-hybridized carbons (Fsp3) is 0.400. The number of benzene rings is 1. The summed E-state index contributed by atoms with van der Waals surface area (Å²) in [6, 6.07) is 6.36. The van der Waals surface area contributed by atoms with Crippen molar-refractivity contribution in [3.05, 3.63) is 27.8 Å². The molecule has 8 heteroatoms. The van der Waals surface area contributed by atoms with Crippen molar-refractivity contribution >= 4 is 32.7 Å². The van der Waals surface area contributed by atoms with Crippen LogP contribution in [0.25, 0.3) is 0 Å². The third-order valence-corrected chi connectivity index (χ3v) is 3.94. The minimum atomic E-state index is -4.57. The summed E-state index contributed by atoms with van der Waals surface area (Å²) >= 11 is 1.88. The largest absolute Gasteiger partial charge is 0.479 e. The molecule has 0 aliphatic heterocycles. The summed E-state index contributed by atoms with van der Waals surface area (Å²) in [6.07, 6.45) is -3.06. The first-order valence-corrected chi connectivity index (χ1v) is 7.50. The number of para-hydroxylation sites is 1. The molecule has 1 aromatic rings. The van der Waals surface area contributed by atoms with Gasteiger partial charge in [0.05, 0.1) is 3.57 Å². The van der Waals surface area contributed by atoms with Gasteiger partial charge in [-0.15, -0.1) is 0 Å². The zero-order chi connectivity index (χ0) is 14.0. The van der Waals surface area contributed by atoms with Gasteiger partial charge in [0.25, 0.3) is 16.5 Å². The van der Waals surface area contributed by atoms with Crippen molar-refractivity contribution in [3.63, 3.8) is 0 Å². The Balaban J connectivity index is 3.04. The highest BCUT2D eigenvalue weighted by Gasteiger charge is 2.42. The maximum Gasteiger partial charge on any atom is 0.278 e. The van der Waals surface area contributed by atoms with E-state index in [-0.39, 0.29) is 5.75 Å². The highest BCUT2D eigenvalue weighted by molar-refractivity contribution is 14.1. The van der Waals surface area contributed by atoms with E-state index < -0.39 is 27.9 Å². The van der Waals surface area contributed by atoms with Crippen molar-refractivity contribution in [1.82, 2.24) is 0 Å². The van der Waals surface area contributed by atoms with E-state index in [0.717, 1.165) is 6.92 Å². The molecule has 0 aliphatic carbocycles. The summed E-state index contributed by atoms with van der Waals surface area (Å²) in [7, 11) is -4.57. The number of alkyl halides is 2. The summed E-state index contributed by atoms with van der Waals surface area (Å²) in [5.41, 5.74) is -2.30. The molecule has 0 aromatic heterocycles. The first-order chi connectivity index (χ1) is 8.14. The Morgan fingerprint density at radius 2 is 2.00 bits per heavy atom. The molecule has 0 bridgehead atoms.